The summed E-state index contributed by atoms with van der Waals surface area (Å²) >= 11 is 6.02. The molecule has 1 aliphatic rings. The zero-order chi connectivity index (χ0) is 17.7. The lowest BCUT2D eigenvalue weighted by molar-refractivity contribution is -0.123. The summed E-state index contributed by atoms with van der Waals surface area (Å²) in [7, 11) is 0. The normalized spacial score (nSPS) is 17.7. The number of nitrogens with two attached hydrogens (primary N) is 1. The molecule has 2 aromatic carbocycles. The van der Waals surface area contributed by atoms with Crippen LogP contribution >= 0.6 is 11.6 Å². The van der Waals surface area contributed by atoms with E-state index in [1.165, 1.54) is 5.56 Å². The Labute approximate surface area is 153 Å². The molecule has 1 heterocycles. The summed E-state index contributed by atoms with van der Waals surface area (Å²) in [6, 6.07) is 16.6. The van der Waals surface area contributed by atoms with E-state index in [-0.39, 0.29) is 11.3 Å². The van der Waals surface area contributed by atoms with Crippen molar-refractivity contribution in [1.29, 1.82) is 0 Å². The number of halogens is 1. The van der Waals surface area contributed by atoms with Crippen LogP contribution in [-0.2, 0) is 14.9 Å². The molecule has 0 radical (unpaired) electrons. The maximum atomic E-state index is 12.5. The van der Waals surface area contributed by atoms with Gasteiger partial charge < -0.3 is 15.8 Å². The highest BCUT2D eigenvalue weighted by molar-refractivity contribution is 6.30. The predicted molar refractivity (Wildman–Crippen MR) is 99.6 cm³/mol. The van der Waals surface area contributed by atoms with Crippen molar-refractivity contribution in [3.05, 3.63) is 70.7 Å². The minimum absolute atomic E-state index is 0.144. The first kappa shape index (κ1) is 17.9. The second-order valence-corrected chi connectivity index (χ2v) is 6.94. The molecule has 2 aromatic rings. The van der Waals surface area contributed by atoms with E-state index in [9.17, 15) is 4.79 Å². The largest absolute Gasteiger partial charge is 0.381 e. The van der Waals surface area contributed by atoms with Crippen molar-refractivity contribution < 1.29 is 9.53 Å². The van der Waals surface area contributed by atoms with Gasteiger partial charge in [-0.3, -0.25) is 4.79 Å². The van der Waals surface area contributed by atoms with Crippen LogP contribution in [0.4, 0.5) is 0 Å². The van der Waals surface area contributed by atoms with E-state index in [1.54, 1.807) is 0 Å². The minimum Gasteiger partial charge on any atom is -0.381 e. The van der Waals surface area contributed by atoms with Gasteiger partial charge in [0, 0.05) is 30.2 Å². The molecule has 25 heavy (non-hydrogen) atoms. The molecule has 5 heteroatoms. The first-order valence-electron chi connectivity index (χ1n) is 8.53. The summed E-state index contributed by atoms with van der Waals surface area (Å²) in [4.78, 5) is 12.5. The third-order valence-electron chi connectivity index (χ3n) is 4.95. The van der Waals surface area contributed by atoms with Crippen LogP contribution in [0.15, 0.2) is 54.6 Å². The van der Waals surface area contributed by atoms with Crippen molar-refractivity contribution >= 4 is 17.5 Å². The van der Waals surface area contributed by atoms with Gasteiger partial charge in [-0.2, -0.15) is 0 Å². The van der Waals surface area contributed by atoms with Crippen molar-refractivity contribution in [2.75, 3.05) is 19.8 Å². The zero-order valence-corrected chi connectivity index (χ0v) is 14.8. The SMILES string of the molecule is NC(C(=O)NCC1(c2ccc(Cl)cc2)CCOCC1)c1ccccc1. The Morgan fingerprint density at radius 2 is 1.76 bits per heavy atom. The predicted octanol–water partition coefficient (Wildman–Crippen LogP) is 3.20. The first-order chi connectivity index (χ1) is 12.1. The molecule has 1 fully saturated rings. The van der Waals surface area contributed by atoms with E-state index < -0.39 is 6.04 Å². The molecule has 0 bridgehead atoms. The highest BCUT2D eigenvalue weighted by atomic mass is 35.5. The molecule has 0 saturated carbocycles. The van der Waals surface area contributed by atoms with E-state index in [1.807, 2.05) is 54.6 Å². The molecule has 1 amide bonds. The maximum absolute atomic E-state index is 12.5. The lowest BCUT2D eigenvalue weighted by atomic mass is 9.74. The van der Waals surface area contributed by atoms with Crippen LogP contribution in [0.25, 0.3) is 0 Å². The summed E-state index contributed by atoms with van der Waals surface area (Å²) < 4.78 is 5.53. The number of amides is 1. The Hall–Kier alpha value is -1.88. The zero-order valence-electron chi connectivity index (χ0n) is 14.1. The van der Waals surface area contributed by atoms with Crippen LogP contribution in [-0.4, -0.2) is 25.7 Å². The van der Waals surface area contributed by atoms with E-state index in [0.717, 1.165) is 18.4 Å². The average Bonchev–Trinajstić information content (AvgIpc) is 2.67. The number of rotatable bonds is 5. The van der Waals surface area contributed by atoms with E-state index >= 15 is 0 Å². The molecule has 0 aliphatic carbocycles. The molecule has 1 unspecified atom stereocenters. The molecule has 0 aromatic heterocycles. The Morgan fingerprint density at radius 1 is 1.12 bits per heavy atom. The fraction of sp³-hybridized carbons (Fsp3) is 0.350. The van der Waals surface area contributed by atoms with Crippen LogP contribution in [0, 0.1) is 0 Å². The van der Waals surface area contributed by atoms with Crippen molar-refractivity contribution in [1.82, 2.24) is 5.32 Å². The van der Waals surface area contributed by atoms with Crippen LogP contribution in [0.5, 0.6) is 0 Å². The third-order valence-corrected chi connectivity index (χ3v) is 5.20. The molecule has 0 spiro atoms. The van der Waals surface area contributed by atoms with Gasteiger partial charge in [0.1, 0.15) is 6.04 Å². The van der Waals surface area contributed by atoms with Gasteiger partial charge in [0.15, 0.2) is 0 Å². The van der Waals surface area contributed by atoms with Gasteiger partial charge in [-0.1, -0.05) is 54.1 Å². The number of nitrogens with one attached hydrogen (secondary N) is 1. The Balaban J connectivity index is 1.73. The molecule has 3 N–H and O–H groups in total. The van der Waals surface area contributed by atoms with Gasteiger partial charge in [-0.05, 0) is 36.1 Å². The van der Waals surface area contributed by atoms with Crippen molar-refractivity contribution in [2.45, 2.75) is 24.3 Å². The second kappa shape index (κ2) is 8.00. The highest BCUT2D eigenvalue weighted by Crippen LogP contribution is 2.35. The molecule has 1 atom stereocenters. The third kappa shape index (κ3) is 4.21. The molecule has 1 saturated heterocycles. The van der Waals surface area contributed by atoms with Gasteiger partial charge in [0.25, 0.3) is 0 Å². The standard InChI is InChI=1S/C20H23ClN2O2/c21-17-8-6-16(7-9-17)20(10-12-25-13-11-20)14-23-19(24)18(22)15-4-2-1-3-5-15/h1-9,18H,10-14,22H2,(H,23,24). The topological polar surface area (TPSA) is 64.4 Å². The van der Waals surface area contributed by atoms with Crippen molar-refractivity contribution in [2.24, 2.45) is 5.73 Å². The van der Waals surface area contributed by atoms with Gasteiger partial charge in [0.05, 0.1) is 0 Å². The first-order valence-corrected chi connectivity index (χ1v) is 8.91. The van der Waals surface area contributed by atoms with Gasteiger partial charge in [-0.25, -0.2) is 0 Å². The number of benzene rings is 2. The number of carbonyl (C=O) groups is 1. The van der Waals surface area contributed by atoms with Crippen LogP contribution in [0.1, 0.15) is 30.0 Å². The average molecular weight is 359 g/mol. The minimum atomic E-state index is -0.664. The summed E-state index contributed by atoms with van der Waals surface area (Å²) in [6.07, 6.45) is 1.71. The molecular weight excluding hydrogens is 336 g/mol. The van der Waals surface area contributed by atoms with E-state index in [2.05, 4.69) is 5.32 Å². The molecule has 3 rings (SSSR count). The summed E-state index contributed by atoms with van der Waals surface area (Å²) in [5, 5.41) is 3.76. The fourth-order valence-electron chi connectivity index (χ4n) is 3.31. The Kier molecular flexibility index (Phi) is 5.74. The molecule has 1 aliphatic heterocycles. The van der Waals surface area contributed by atoms with Crippen molar-refractivity contribution in [3.8, 4) is 0 Å². The monoisotopic (exact) mass is 358 g/mol. The molecule has 4 nitrogen and oxygen atoms in total. The van der Waals surface area contributed by atoms with Crippen LogP contribution < -0.4 is 11.1 Å². The van der Waals surface area contributed by atoms with Crippen molar-refractivity contribution in [3.63, 3.8) is 0 Å². The summed E-state index contributed by atoms with van der Waals surface area (Å²) in [5.74, 6) is -0.161. The Bertz CT molecular complexity index is 697. The maximum Gasteiger partial charge on any atom is 0.241 e. The molecule has 132 valence electrons. The molecular formula is C20H23ClN2O2. The lowest BCUT2D eigenvalue weighted by Gasteiger charge is -2.38. The van der Waals surface area contributed by atoms with E-state index in [0.29, 0.717) is 24.8 Å². The van der Waals surface area contributed by atoms with E-state index in [4.69, 9.17) is 22.1 Å². The lowest BCUT2D eigenvalue weighted by Crippen LogP contribution is -2.46. The smallest absolute Gasteiger partial charge is 0.241 e. The number of hydrogen-bond acceptors (Lipinski definition) is 3. The fourth-order valence-corrected chi connectivity index (χ4v) is 3.44. The number of carbonyl (C=O) groups excluding carboxylic acids is 1. The summed E-state index contributed by atoms with van der Waals surface area (Å²) in [5.41, 5.74) is 7.95. The number of ether oxygens (including phenoxy) is 1. The van der Waals surface area contributed by atoms with Gasteiger partial charge in [-0.15, -0.1) is 0 Å². The Morgan fingerprint density at radius 3 is 2.40 bits per heavy atom. The quantitative estimate of drug-likeness (QED) is 0.862. The van der Waals surface area contributed by atoms with Crippen LogP contribution in [0.3, 0.4) is 0 Å². The van der Waals surface area contributed by atoms with Gasteiger partial charge in [0.2, 0.25) is 5.91 Å². The van der Waals surface area contributed by atoms with Gasteiger partial charge >= 0.3 is 0 Å². The number of hydrogen-bond donors (Lipinski definition) is 2. The summed E-state index contributed by atoms with van der Waals surface area (Å²) in [6.45, 7) is 1.91. The highest BCUT2D eigenvalue weighted by Gasteiger charge is 2.35. The second-order valence-electron chi connectivity index (χ2n) is 6.51. The van der Waals surface area contributed by atoms with Crippen LogP contribution in [0.2, 0.25) is 5.02 Å².